The summed E-state index contributed by atoms with van der Waals surface area (Å²) in [6, 6.07) is 10.7. The van der Waals surface area contributed by atoms with E-state index in [0.717, 1.165) is 9.87 Å². The van der Waals surface area contributed by atoms with Crippen LogP contribution in [-0.4, -0.2) is 40.3 Å². The van der Waals surface area contributed by atoms with Crippen LogP contribution in [0.1, 0.15) is 5.56 Å². The first-order chi connectivity index (χ1) is 11.8. The first kappa shape index (κ1) is 18.6. The molecule has 8 heteroatoms. The van der Waals surface area contributed by atoms with Gasteiger partial charge in [0.25, 0.3) is 10.0 Å². The van der Waals surface area contributed by atoms with E-state index >= 15 is 0 Å². The summed E-state index contributed by atoms with van der Waals surface area (Å²) in [4.78, 5) is 11.2. The van der Waals surface area contributed by atoms with E-state index in [0.29, 0.717) is 5.75 Å². The minimum absolute atomic E-state index is 0.0434. The van der Waals surface area contributed by atoms with Crippen molar-refractivity contribution < 1.29 is 27.8 Å². The van der Waals surface area contributed by atoms with Crippen LogP contribution in [0.5, 0.6) is 11.5 Å². The fourth-order valence-corrected chi connectivity index (χ4v) is 3.71. The monoisotopic (exact) mass is 365 g/mol. The molecule has 2 rings (SSSR count). The summed E-state index contributed by atoms with van der Waals surface area (Å²) in [5, 5.41) is 9.20. The maximum atomic E-state index is 13.0. The van der Waals surface area contributed by atoms with E-state index in [9.17, 15) is 18.3 Å². The average molecular weight is 365 g/mol. The van der Waals surface area contributed by atoms with Gasteiger partial charge in [-0.2, -0.15) is 0 Å². The summed E-state index contributed by atoms with van der Waals surface area (Å²) < 4.78 is 37.1. The van der Waals surface area contributed by atoms with E-state index in [-0.39, 0.29) is 16.3 Å². The van der Waals surface area contributed by atoms with Gasteiger partial charge in [0.15, 0.2) is 0 Å². The molecule has 0 spiro atoms. The Morgan fingerprint density at radius 1 is 1.08 bits per heavy atom. The van der Waals surface area contributed by atoms with Crippen LogP contribution in [0.15, 0.2) is 47.4 Å². The van der Waals surface area contributed by atoms with Gasteiger partial charge in [0.05, 0.1) is 24.8 Å². The maximum Gasteiger partial charge on any atom is 0.324 e. The van der Waals surface area contributed by atoms with Gasteiger partial charge in [-0.25, -0.2) is 8.42 Å². The lowest BCUT2D eigenvalue weighted by Gasteiger charge is -2.25. The zero-order valence-electron chi connectivity index (χ0n) is 14.1. The van der Waals surface area contributed by atoms with Crippen LogP contribution in [0.3, 0.4) is 0 Å². The molecule has 25 heavy (non-hydrogen) atoms. The number of carboxylic acids is 1. The Morgan fingerprint density at radius 2 is 1.72 bits per heavy atom. The second-order valence-electron chi connectivity index (χ2n) is 5.26. The number of carbonyl (C=O) groups is 1. The largest absolute Gasteiger partial charge is 0.497 e. The first-order valence-electron chi connectivity index (χ1n) is 7.33. The van der Waals surface area contributed by atoms with E-state index < -0.39 is 22.5 Å². The number of aryl methyl sites for hydroxylation is 1. The van der Waals surface area contributed by atoms with Gasteiger partial charge in [-0.15, -0.1) is 0 Å². The molecule has 7 nitrogen and oxygen atoms in total. The number of nitrogens with zero attached hydrogens (tertiary/aromatic N) is 1. The molecule has 0 saturated carbocycles. The quantitative estimate of drug-likeness (QED) is 0.809. The van der Waals surface area contributed by atoms with E-state index in [1.165, 1.54) is 38.5 Å². The standard InChI is InChI=1S/C17H19NO6S/c1-12-4-9-16(24-3)15(10-12)18(11-17(19)20)25(21,22)14-7-5-13(23-2)6-8-14/h4-10H,11H2,1-3H3,(H,19,20). The SMILES string of the molecule is COc1ccc(S(=O)(=O)N(CC(=O)O)c2cc(C)ccc2OC)cc1. The number of hydrogen-bond acceptors (Lipinski definition) is 5. The molecule has 0 saturated heterocycles. The Morgan fingerprint density at radius 3 is 2.24 bits per heavy atom. The van der Waals surface area contributed by atoms with Crippen molar-refractivity contribution in [3.05, 3.63) is 48.0 Å². The van der Waals surface area contributed by atoms with E-state index in [2.05, 4.69) is 0 Å². The average Bonchev–Trinajstić information content (AvgIpc) is 2.59. The van der Waals surface area contributed by atoms with Crippen molar-refractivity contribution in [2.24, 2.45) is 0 Å². The highest BCUT2D eigenvalue weighted by Crippen LogP contribution is 2.33. The van der Waals surface area contributed by atoms with E-state index in [1.807, 2.05) is 0 Å². The van der Waals surface area contributed by atoms with E-state index in [1.54, 1.807) is 25.1 Å². The van der Waals surface area contributed by atoms with Crippen molar-refractivity contribution in [3.63, 3.8) is 0 Å². The molecule has 2 aromatic rings. The summed E-state index contributed by atoms with van der Waals surface area (Å²) in [5.74, 6) is -0.513. The van der Waals surface area contributed by atoms with Crippen LogP contribution in [0.2, 0.25) is 0 Å². The van der Waals surface area contributed by atoms with Crippen molar-refractivity contribution in [2.75, 3.05) is 25.1 Å². The number of benzene rings is 2. The molecule has 134 valence electrons. The third-order valence-corrected chi connectivity index (χ3v) is 5.30. The number of hydrogen-bond donors (Lipinski definition) is 1. The van der Waals surface area contributed by atoms with Crippen LogP contribution in [0, 0.1) is 6.92 Å². The smallest absolute Gasteiger partial charge is 0.324 e. The van der Waals surface area contributed by atoms with Gasteiger partial charge < -0.3 is 14.6 Å². The van der Waals surface area contributed by atoms with Crippen LogP contribution in [0.4, 0.5) is 5.69 Å². The molecule has 0 heterocycles. The number of methoxy groups -OCH3 is 2. The molecular formula is C17H19NO6S. The molecular weight excluding hydrogens is 346 g/mol. The number of carboxylic acid groups (broad SMARTS) is 1. The highest BCUT2D eigenvalue weighted by atomic mass is 32.2. The summed E-state index contributed by atoms with van der Waals surface area (Å²) >= 11 is 0. The van der Waals surface area contributed by atoms with Crippen LogP contribution in [-0.2, 0) is 14.8 Å². The zero-order valence-corrected chi connectivity index (χ0v) is 14.9. The third kappa shape index (κ3) is 4.03. The lowest BCUT2D eigenvalue weighted by molar-refractivity contribution is -0.135. The van der Waals surface area contributed by atoms with Gasteiger partial charge in [0.2, 0.25) is 0 Å². The highest BCUT2D eigenvalue weighted by molar-refractivity contribution is 7.92. The number of rotatable bonds is 7. The van der Waals surface area contributed by atoms with Crippen LogP contribution < -0.4 is 13.8 Å². The predicted octanol–water partition coefficient (Wildman–Crippen LogP) is 2.29. The normalized spacial score (nSPS) is 11.0. The molecule has 0 amide bonds. The predicted molar refractivity (Wildman–Crippen MR) is 92.9 cm³/mol. The number of anilines is 1. The van der Waals surface area contributed by atoms with Gasteiger partial charge in [-0.05, 0) is 48.9 Å². The minimum Gasteiger partial charge on any atom is -0.497 e. The summed E-state index contributed by atoms with van der Waals surface area (Å²) in [5.41, 5.74) is 0.942. The maximum absolute atomic E-state index is 13.0. The van der Waals surface area contributed by atoms with Gasteiger partial charge >= 0.3 is 5.97 Å². The van der Waals surface area contributed by atoms with Crippen molar-refractivity contribution >= 4 is 21.7 Å². The summed E-state index contributed by atoms with van der Waals surface area (Å²) in [6.07, 6.45) is 0. The second-order valence-corrected chi connectivity index (χ2v) is 7.12. The van der Waals surface area contributed by atoms with Gasteiger partial charge in [0.1, 0.15) is 18.0 Å². The van der Waals surface area contributed by atoms with E-state index in [4.69, 9.17) is 9.47 Å². The summed E-state index contributed by atoms with van der Waals surface area (Å²) in [6.45, 7) is 1.05. The first-order valence-corrected chi connectivity index (χ1v) is 8.77. The van der Waals surface area contributed by atoms with Crippen molar-refractivity contribution in [1.82, 2.24) is 0 Å². The number of aliphatic carboxylic acids is 1. The molecule has 0 bridgehead atoms. The Kier molecular flexibility index (Phi) is 5.53. The Labute approximate surface area is 146 Å². The van der Waals surface area contributed by atoms with Crippen molar-refractivity contribution in [1.29, 1.82) is 0 Å². The lowest BCUT2D eigenvalue weighted by atomic mass is 10.2. The molecule has 0 aliphatic heterocycles. The van der Waals surface area contributed by atoms with Crippen LogP contribution in [0.25, 0.3) is 0 Å². The highest BCUT2D eigenvalue weighted by Gasteiger charge is 2.29. The lowest BCUT2D eigenvalue weighted by Crippen LogP contribution is -2.36. The summed E-state index contributed by atoms with van der Waals surface area (Å²) in [7, 11) is -1.24. The molecule has 0 aliphatic carbocycles. The molecule has 0 aromatic heterocycles. The minimum atomic E-state index is -4.11. The molecule has 0 fully saturated rings. The fourth-order valence-electron chi connectivity index (χ4n) is 2.29. The van der Waals surface area contributed by atoms with Gasteiger partial charge in [-0.3, -0.25) is 9.10 Å². The Balaban J connectivity index is 2.60. The topological polar surface area (TPSA) is 93.1 Å². The zero-order chi connectivity index (χ0) is 18.6. The Hall–Kier alpha value is -2.74. The number of ether oxygens (including phenoxy) is 2. The molecule has 0 atom stereocenters. The Bertz CT molecular complexity index is 861. The molecule has 0 unspecified atom stereocenters. The fraction of sp³-hybridized carbons (Fsp3) is 0.235. The second kappa shape index (κ2) is 7.43. The molecule has 2 aromatic carbocycles. The van der Waals surface area contributed by atoms with Crippen molar-refractivity contribution in [2.45, 2.75) is 11.8 Å². The molecule has 1 N–H and O–H groups in total. The third-order valence-electron chi connectivity index (χ3n) is 3.53. The van der Waals surface area contributed by atoms with Gasteiger partial charge in [0, 0.05) is 0 Å². The van der Waals surface area contributed by atoms with Gasteiger partial charge in [-0.1, -0.05) is 6.07 Å². The number of sulfonamides is 1. The molecule has 0 aliphatic rings. The van der Waals surface area contributed by atoms with Crippen molar-refractivity contribution in [3.8, 4) is 11.5 Å². The van der Waals surface area contributed by atoms with Crippen LogP contribution >= 0.6 is 0 Å². The molecule has 0 radical (unpaired) electrons.